The van der Waals surface area contributed by atoms with Crippen molar-refractivity contribution >= 4 is 21.9 Å². The Morgan fingerprint density at radius 3 is 2.04 bits per heavy atom. The van der Waals surface area contributed by atoms with E-state index in [0.717, 1.165) is 55.4 Å². The molecule has 0 amide bonds. The SMILES string of the molecule is CC(C)c1ccc(O)c(-c2nc3c(-c4[c-]c(-c5cc(C(C)C)cc6cccnc56)ccc4)cccc3n2-c2ccc(C(C)(C)C)cc2)c1.[Pt]. The molecule has 0 atom stereocenters. The summed E-state index contributed by atoms with van der Waals surface area (Å²) in [5, 5.41) is 12.4. The largest absolute Gasteiger partial charge is 0.507 e. The van der Waals surface area contributed by atoms with E-state index in [9.17, 15) is 5.11 Å². The molecule has 4 nitrogen and oxygen atoms in total. The van der Waals surface area contributed by atoms with Crippen molar-refractivity contribution in [2.45, 2.75) is 65.7 Å². The van der Waals surface area contributed by atoms with Gasteiger partial charge in [0.2, 0.25) is 0 Å². The quantitative estimate of drug-likeness (QED) is 0.170. The zero-order chi connectivity index (χ0) is 33.7. The summed E-state index contributed by atoms with van der Waals surface area (Å²) in [7, 11) is 0. The maximum absolute atomic E-state index is 11.2. The minimum atomic E-state index is 0. The van der Waals surface area contributed by atoms with E-state index in [1.165, 1.54) is 11.1 Å². The summed E-state index contributed by atoms with van der Waals surface area (Å²) >= 11 is 0. The van der Waals surface area contributed by atoms with Crippen LogP contribution in [0.2, 0.25) is 0 Å². The van der Waals surface area contributed by atoms with Crippen molar-refractivity contribution in [2.24, 2.45) is 0 Å². The molecule has 2 aromatic heterocycles. The van der Waals surface area contributed by atoms with Crippen LogP contribution in [0.4, 0.5) is 0 Å². The minimum absolute atomic E-state index is 0. The summed E-state index contributed by atoms with van der Waals surface area (Å²) in [5.74, 6) is 1.61. The van der Waals surface area contributed by atoms with Gasteiger partial charge < -0.3 is 5.11 Å². The van der Waals surface area contributed by atoms with Gasteiger partial charge in [0.25, 0.3) is 0 Å². The number of hydrogen-bond acceptors (Lipinski definition) is 3. The Labute approximate surface area is 304 Å². The fourth-order valence-corrected chi connectivity index (χ4v) is 6.50. The van der Waals surface area contributed by atoms with Gasteiger partial charge in [-0.05, 0) is 70.2 Å². The molecule has 5 aromatic carbocycles. The van der Waals surface area contributed by atoms with Gasteiger partial charge in [-0.15, -0.1) is 35.4 Å². The number of imidazole rings is 1. The van der Waals surface area contributed by atoms with Crippen molar-refractivity contribution in [3.8, 4) is 45.1 Å². The molecule has 0 aliphatic carbocycles. The number of nitrogens with zero attached hydrogens (tertiary/aromatic N) is 3. The second-order valence-corrected chi connectivity index (χ2v) is 14.4. The van der Waals surface area contributed by atoms with E-state index < -0.39 is 0 Å². The van der Waals surface area contributed by atoms with Crippen LogP contribution >= 0.6 is 0 Å². The third-order valence-corrected chi connectivity index (χ3v) is 9.37. The van der Waals surface area contributed by atoms with E-state index in [1.807, 2.05) is 18.3 Å². The second-order valence-electron chi connectivity index (χ2n) is 14.4. The van der Waals surface area contributed by atoms with E-state index in [1.54, 1.807) is 6.07 Å². The van der Waals surface area contributed by atoms with Gasteiger partial charge in [-0.3, -0.25) is 9.55 Å². The number of phenolic OH excluding ortho intramolecular Hbond substituents is 1. The molecule has 0 saturated heterocycles. The molecule has 2 heterocycles. The summed E-state index contributed by atoms with van der Waals surface area (Å²) in [6.07, 6.45) is 1.86. The molecule has 250 valence electrons. The van der Waals surface area contributed by atoms with Gasteiger partial charge in [0.1, 0.15) is 11.6 Å². The van der Waals surface area contributed by atoms with Crippen molar-refractivity contribution in [1.82, 2.24) is 14.5 Å². The van der Waals surface area contributed by atoms with Gasteiger partial charge in [-0.2, -0.15) is 0 Å². The Kier molecular flexibility index (Phi) is 9.39. The summed E-state index contributed by atoms with van der Waals surface area (Å²) < 4.78 is 2.18. The Balaban J connectivity index is 0.00000417. The Hall–Kier alpha value is -4.53. The third kappa shape index (κ3) is 6.47. The minimum Gasteiger partial charge on any atom is -0.507 e. The van der Waals surface area contributed by atoms with Crippen molar-refractivity contribution in [3.05, 3.63) is 132 Å². The predicted molar refractivity (Wildman–Crippen MR) is 200 cm³/mol. The monoisotopic (exact) mass is 823 g/mol. The van der Waals surface area contributed by atoms with Crippen LogP contribution in [0.1, 0.15) is 77.0 Å². The first kappa shape index (κ1) is 34.3. The topological polar surface area (TPSA) is 50.9 Å². The van der Waals surface area contributed by atoms with Crippen LogP contribution < -0.4 is 0 Å². The number of benzene rings is 5. The smallest absolute Gasteiger partial charge is 0.148 e. The number of rotatable bonds is 6. The van der Waals surface area contributed by atoms with Gasteiger partial charge in [0, 0.05) is 38.5 Å². The summed E-state index contributed by atoms with van der Waals surface area (Å²) in [4.78, 5) is 10.1. The molecule has 49 heavy (non-hydrogen) atoms. The number of aromatic hydroxyl groups is 1. The molecule has 1 N–H and O–H groups in total. The number of para-hydroxylation sites is 1. The van der Waals surface area contributed by atoms with Crippen LogP contribution in [-0.2, 0) is 26.5 Å². The van der Waals surface area contributed by atoms with Gasteiger partial charge in [0.05, 0.1) is 16.6 Å². The average Bonchev–Trinajstić information content (AvgIpc) is 3.47. The average molecular weight is 824 g/mol. The number of phenols is 1. The molecular weight excluding hydrogens is 782 g/mol. The molecule has 0 unspecified atom stereocenters. The normalized spacial score (nSPS) is 11.9. The predicted octanol–water partition coefficient (Wildman–Crippen LogP) is 11.6. The third-order valence-electron chi connectivity index (χ3n) is 9.37. The maximum atomic E-state index is 11.2. The van der Waals surface area contributed by atoms with Gasteiger partial charge in [-0.25, -0.2) is 4.98 Å². The number of hydrogen-bond donors (Lipinski definition) is 1. The van der Waals surface area contributed by atoms with Crippen LogP contribution in [0.5, 0.6) is 5.75 Å². The van der Waals surface area contributed by atoms with E-state index in [4.69, 9.17) is 9.97 Å². The number of aromatic nitrogens is 3. The van der Waals surface area contributed by atoms with Crippen LogP contribution in [0, 0.1) is 6.07 Å². The molecule has 7 rings (SSSR count). The summed E-state index contributed by atoms with van der Waals surface area (Å²) in [6.45, 7) is 15.5. The fourth-order valence-electron chi connectivity index (χ4n) is 6.50. The van der Waals surface area contributed by atoms with Crippen molar-refractivity contribution in [2.75, 3.05) is 0 Å². The molecule has 0 spiro atoms. The van der Waals surface area contributed by atoms with Crippen molar-refractivity contribution in [1.29, 1.82) is 0 Å². The van der Waals surface area contributed by atoms with Crippen molar-refractivity contribution < 1.29 is 26.2 Å². The van der Waals surface area contributed by atoms with E-state index in [-0.39, 0.29) is 32.2 Å². The van der Waals surface area contributed by atoms with Crippen LogP contribution in [0.3, 0.4) is 0 Å². The molecule has 0 fully saturated rings. The maximum Gasteiger partial charge on any atom is 0.148 e. The molecule has 0 radical (unpaired) electrons. The van der Waals surface area contributed by atoms with E-state index in [0.29, 0.717) is 23.2 Å². The summed E-state index contributed by atoms with van der Waals surface area (Å²) in [6, 6.07) is 39.6. The van der Waals surface area contributed by atoms with Gasteiger partial charge in [-0.1, -0.05) is 114 Å². The van der Waals surface area contributed by atoms with E-state index in [2.05, 4.69) is 144 Å². The molecule has 0 bridgehead atoms. The molecule has 7 aromatic rings. The molecule has 5 heteroatoms. The first-order valence-electron chi connectivity index (χ1n) is 16.9. The van der Waals surface area contributed by atoms with Crippen molar-refractivity contribution in [3.63, 3.8) is 0 Å². The molecule has 0 saturated carbocycles. The van der Waals surface area contributed by atoms with Crippen LogP contribution in [0.25, 0.3) is 61.3 Å². The first-order chi connectivity index (χ1) is 23.0. The van der Waals surface area contributed by atoms with Gasteiger partial charge in [0.15, 0.2) is 0 Å². The second kappa shape index (κ2) is 13.4. The Bertz CT molecular complexity index is 2290. The first-order valence-corrected chi connectivity index (χ1v) is 16.9. The molecule has 0 aliphatic rings. The van der Waals surface area contributed by atoms with Gasteiger partial charge >= 0.3 is 0 Å². The summed E-state index contributed by atoms with van der Waals surface area (Å²) in [5.41, 5.74) is 12.2. The Morgan fingerprint density at radius 1 is 0.673 bits per heavy atom. The fraction of sp³-hybridized carbons (Fsp3) is 0.227. The number of fused-ring (bicyclic) bond motifs is 2. The standard InChI is InChI=1S/C44H42N3O.Pt/c1-27(2)29-16-21-40(48)38(25-29)43-46-42-36(14-9-15-39(42)47(43)35-19-17-34(18-20-35)44(5,6)7)30-11-8-12-31(23-30)37-26-33(28(3)4)24-32-13-10-22-45-41(32)37;/h8-22,24-28,48H,1-7H3;/q-1;. The van der Waals surface area contributed by atoms with Crippen LogP contribution in [-0.4, -0.2) is 19.6 Å². The molecular formula is C44H42N3OPt-. The van der Waals surface area contributed by atoms with E-state index >= 15 is 0 Å². The van der Waals surface area contributed by atoms with Crippen LogP contribution in [0.15, 0.2) is 109 Å². The number of pyridine rings is 1. The zero-order valence-corrected chi connectivity index (χ0v) is 31.4. The zero-order valence-electron chi connectivity index (χ0n) is 29.2. The Morgan fingerprint density at radius 2 is 1.35 bits per heavy atom. The molecule has 0 aliphatic heterocycles.